The number of carbonyl (C=O) groups is 1. The molecule has 0 aliphatic heterocycles. The molecule has 4 aromatic rings. The molecule has 1 heterocycles. The summed E-state index contributed by atoms with van der Waals surface area (Å²) in [6, 6.07) is 25.2. The summed E-state index contributed by atoms with van der Waals surface area (Å²) in [5.41, 5.74) is 5.62. The fourth-order valence-corrected chi connectivity index (χ4v) is 5.71. The van der Waals surface area contributed by atoms with Crippen molar-refractivity contribution in [3.05, 3.63) is 89.7 Å². The van der Waals surface area contributed by atoms with Crippen LogP contribution < -0.4 is 0 Å². The molecule has 0 aliphatic rings. The van der Waals surface area contributed by atoms with Gasteiger partial charge in [0.15, 0.2) is 5.78 Å². The molecule has 0 atom stereocenters. The minimum atomic E-state index is -0.319. The molecule has 3 aromatic carbocycles. The Morgan fingerprint density at radius 3 is 2.02 bits per heavy atom. The molecule has 0 saturated heterocycles. The molecule has 0 spiro atoms. The first kappa shape index (κ1) is 38.4. The molecule has 0 amide bonds. The van der Waals surface area contributed by atoms with Gasteiger partial charge in [-0.05, 0) is 55.1 Å². The summed E-state index contributed by atoms with van der Waals surface area (Å²) in [7, 11) is 0. The molecule has 1 radical (unpaired) electrons. The number of hydrogen-bond donors (Lipinski definition) is 1. The monoisotopic (exact) mass is 785 g/mol. The molecule has 0 saturated carbocycles. The van der Waals surface area contributed by atoms with Crippen LogP contribution in [0.4, 0.5) is 0 Å². The van der Waals surface area contributed by atoms with Gasteiger partial charge in [-0.3, -0.25) is 9.78 Å². The summed E-state index contributed by atoms with van der Waals surface area (Å²) in [6.45, 7) is 21.4. The van der Waals surface area contributed by atoms with Crippen LogP contribution in [0.2, 0.25) is 0 Å². The molecule has 3 nitrogen and oxygen atoms in total. The minimum Gasteiger partial charge on any atom is -0.512 e. The van der Waals surface area contributed by atoms with Gasteiger partial charge in [0.25, 0.3) is 0 Å². The molecule has 0 aliphatic carbocycles. The molecule has 245 valence electrons. The van der Waals surface area contributed by atoms with Crippen molar-refractivity contribution in [3.63, 3.8) is 0 Å². The number of aromatic nitrogens is 1. The summed E-state index contributed by atoms with van der Waals surface area (Å²) in [5.74, 6) is 1.04. The predicted octanol–water partition coefficient (Wildman–Crippen LogP) is 11.6. The number of ketones is 1. The standard InChI is InChI=1S/C27H28N.C14H26O2.Ir/c1-18(2)14-20-17-26(28-25-13-9-8-12-23(20)25)21-15-19-10-6-7-11-22(19)24(16-21)27(3,4)5;1-6-11(7-2)12(15)10-13(16)14(5,8-3)9-4;/h6-13,16-18H,14H2,1-5H3;10-11,15H,6-9H2,1-5H3;/q-1;;/b;12-10-;. The van der Waals surface area contributed by atoms with Crippen LogP contribution in [-0.2, 0) is 36.7 Å². The SMILES string of the molecule is CC(C)Cc1cc(-c2[c-]c3ccccc3c(C(C)(C)C)c2)nc2ccccc12.CCC(CC)/C(O)=C/C(=O)C(C)(CC)CC.[Ir]. The number of hydrogen-bond acceptors (Lipinski definition) is 3. The van der Waals surface area contributed by atoms with Crippen LogP contribution >= 0.6 is 0 Å². The Morgan fingerprint density at radius 1 is 0.889 bits per heavy atom. The van der Waals surface area contributed by atoms with Crippen molar-refractivity contribution in [2.45, 2.75) is 107 Å². The van der Waals surface area contributed by atoms with Gasteiger partial charge in [-0.25, -0.2) is 0 Å². The zero-order chi connectivity index (χ0) is 32.7. The van der Waals surface area contributed by atoms with Crippen molar-refractivity contribution in [2.24, 2.45) is 17.3 Å². The van der Waals surface area contributed by atoms with E-state index >= 15 is 0 Å². The fraction of sp³-hybridized carbons (Fsp3) is 0.463. The Balaban J connectivity index is 0.000000359. The van der Waals surface area contributed by atoms with Gasteiger partial charge in [-0.15, -0.1) is 29.1 Å². The first-order chi connectivity index (χ1) is 20.8. The Hall–Kier alpha value is -2.81. The van der Waals surface area contributed by atoms with E-state index in [2.05, 4.69) is 101 Å². The number of aliphatic hydroxyl groups is 1. The number of aliphatic hydroxyl groups excluding tert-OH is 1. The minimum absolute atomic E-state index is 0. The van der Waals surface area contributed by atoms with E-state index in [1.807, 2.05) is 34.6 Å². The van der Waals surface area contributed by atoms with Gasteiger partial charge < -0.3 is 5.11 Å². The molecule has 0 fully saturated rings. The molecular weight excluding hydrogens is 731 g/mol. The van der Waals surface area contributed by atoms with Crippen LogP contribution in [0, 0.1) is 23.3 Å². The number of nitrogens with zero attached hydrogens (tertiary/aromatic N) is 1. The van der Waals surface area contributed by atoms with Crippen molar-refractivity contribution in [1.82, 2.24) is 4.98 Å². The normalized spacial score (nSPS) is 12.3. The van der Waals surface area contributed by atoms with Crippen molar-refractivity contribution in [1.29, 1.82) is 0 Å². The van der Waals surface area contributed by atoms with Gasteiger partial charge in [-0.1, -0.05) is 123 Å². The van der Waals surface area contributed by atoms with Crippen LogP contribution in [0.1, 0.15) is 106 Å². The van der Waals surface area contributed by atoms with Crippen molar-refractivity contribution < 1.29 is 30.0 Å². The Labute approximate surface area is 286 Å². The summed E-state index contributed by atoms with van der Waals surface area (Å²) in [4.78, 5) is 17.0. The van der Waals surface area contributed by atoms with Gasteiger partial charge >= 0.3 is 0 Å². The molecule has 1 N–H and O–H groups in total. The van der Waals surface area contributed by atoms with E-state index in [0.717, 1.165) is 54.3 Å². The second-order valence-corrected chi connectivity index (χ2v) is 13.9. The molecule has 0 unspecified atom stereocenters. The molecular formula is C41H54IrNO2-. The number of rotatable bonds is 10. The first-order valence-corrected chi connectivity index (χ1v) is 16.6. The maximum Gasteiger partial charge on any atom is 0.164 e. The van der Waals surface area contributed by atoms with Crippen LogP contribution in [0.15, 0.2) is 72.5 Å². The van der Waals surface area contributed by atoms with Crippen molar-refractivity contribution in [2.75, 3.05) is 0 Å². The van der Waals surface area contributed by atoms with E-state index in [-0.39, 0.29) is 48.4 Å². The molecule has 45 heavy (non-hydrogen) atoms. The molecule has 1 aromatic heterocycles. The van der Waals surface area contributed by atoms with Crippen molar-refractivity contribution >= 4 is 27.5 Å². The zero-order valence-electron chi connectivity index (χ0n) is 29.2. The van der Waals surface area contributed by atoms with Crippen LogP contribution in [0.5, 0.6) is 0 Å². The van der Waals surface area contributed by atoms with Crippen LogP contribution in [0.25, 0.3) is 32.9 Å². The van der Waals surface area contributed by atoms with Crippen LogP contribution in [-0.4, -0.2) is 15.9 Å². The Kier molecular flexibility index (Phi) is 14.2. The van der Waals surface area contributed by atoms with Gasteiger partial charge in [0.1, 0.15) is 0 Å². The van der Waals surface area contributed by atoms with Gasteiger partial charge in [0.05, 0.1) is 11.3 Å². The average molecular weight is 785 g/mol. The van der Waals surface area contributed by atoms with E-state index < -0.39 is 0 Å². The molecule has 0 bridgehead atoms. The van der Waals surface area contributed by atoms with E-state index in [1.165, 1.54) is 28.0 Å². The van der Waals surface area contributed by atoms with Gasteiger partial charge in [-0.2, -0.15) is 0 Å². The molecule has 4 heteroatoms. The predicted molar refractivity (Wildman–Crippen MR) is 189 cm³/mol. The average Bonchev–Trinajstić information content (AvgIpc) is 3.00. The summed E-state index contributed by atoms with van der Waals surface area (Å²) < 4.78 is 0. The second-order valence-electron chi connectivity index (χ2n) is 13.9. The maximum absolute atomic E-state index is 12.0. The Bertz CT molecular complexity index is 1590. The van der Waals surface area contributed by atoms with E-state index in [9.17, 15) is 9.90 Å². The van der Waals surface area contributed by atoms with E-state index in [4.69, 9.17) is 4.98 Å². The number of benzene rings is 3. The van der Waals surface area contributed by atoms with E-state index in [0.29, 0.717) is 5.92 Å². The second kappa shape index (κ2) is 16.7. The summed E-state index contributed by atoms with van der Waals surface area (Å²) in [5, 5.41) is 13.6. The summed E-state index contributed by atoms with van der Waals surface area (Å²) in [6.07, 6.45) is 5.88. The quantitative estimate of drug-likeness (QED) is 0.0990. The number of allylic oxidation sites excluding steroid dienone is 2. The van der Waals surface area contributed by atoms with Gasteiger partial charge in [0, 0.05) is 48.6 Å². The third-order valence-electron chi connectivity index (χ3n) is 9.13. The largest absolute Gasteiger partial charge is 0.512 e. The number of pyridine rings is 1. The summed E-state index contributed by atoms with van der Waals surface area (Å²) >= 11 is 0. The Morgan fingerprint density at radius 2 is 1.47 bits per heavy atom. The maximum atomic E-state index is 12.0. The molecule has 4 rings (SSSR count). The van der Waals surface area contributed by atoms with Gasteiger partial charge in [0.2, 0.25) is 0 Å². The number of fused-ring (bicyclic) bond motifs is 2. The third-order valence-corrected chi connectivity index (χ3v) is 9.13. The topological polar surface area (TPSA) is 50.2 Å². The number of carbonyl (C=O) groups excluding carboxylic acids is 1. The van der Waals surface area contributed by atoms with E-state index in [1.54, 1.807) is 0 Å². The third kappa shape index (κ3) is 9.60. The zero-order valence-corrected chi connectivity index (χ0v) is 31.6. The van der Waals surface area contributed by atoms with Crippen molar-refractivity contribution in [3.8, 4) is 11.3 Å². The first-order valence-electron chi connectivity index (χ1n) is 16.6. The fourth-order valence-electron chi connectivity index (χ4n) is 5.71. The van der Waals surface area contributed by atoms with Crippen LogP contribution in [0.3, 0.4) is 0 Å². The smallest absolute Gasteiger partial charge is 0.164 e. The number of para-hydroxylation sites is 1.